The number of anilines is 1. The largest absolute Gasteiger partial charge is 0.496 e. The maximum absolute atomic E-state index is 13.0. The minimum Gasteiger partial charge on any atom is -0.496 e. The number of methoxy groups -OCH3 is 1. The first-order chi connectivity index (χ1) is 16.0. The zero-order chi connectivity index (χ0) is 23.0. The summed E-state index contributed by atoms with van der Waals surface area (Å²) < 4.78 is 32.9. The Kier molecular flexibility index (Phi) is 5.85. The molecule has 7 heteroatoms. The third kappa shape index (κ3) is 4.11. The molecule has 33 heavy (non-hydrogen) atoms. The van der Waals surface area contributed by atoms with Gasteiger partial charge in [-0.1, -0.05) is 24.3 Å². The van der Waals surface area contributed by atoms with E-state index in [-0.39, 0.29) is 17.2 Å². The molecule has 0 bridgehead atoms. The number of rotatable bonds is 7. The van der Waals surface area contributed by atoms with Gasteiger partial charge >= 0.3 is 0 Å². The Morgan fingerprint density at radius 1 is 1.03 bits per heavy atom. The highest BCUT2D eigenvalue weighted by molar-refractivity contribution is 7.89. The Morgan fingerprint density at radius 3 is 2.55 bits per heavy atom. The number of aryl methyl sites for hydroxylation is 3. The standard InChI is InChI=1S/C26H28N2O4S/c1-32-24-13-11-21(33(30,31)28-15-2-3-16-28)17-20(24)10-14-25(29)27-23-12-9-19-8-7-18-5-4-6-22(23)26(18)19/h4-6,9,11-13,17H,2-3,7-8,10,14-16H2,1H3,(H,27,29). The van der Waals surface area contributed by atoms with Gasteiger partial charge in [-0.3, -0.25) is 4.79 Å². The molecule has 1 aliphatic heterocycles. The molecule has 1 fully saturated rings. The molecule has 1 aliphatic carbocycles. The van der Waals surface area contributed by atoms with Crippen molar-refractivity contribution in [2.45, 2.75) is 43.4 Å². The third-order valence-corrected chi connectivity index (χ3v) is 8.62. The lowest BCUT2D eigenvalue weighted by molar-refractivity contribution is -0.116. The second-order valence-electron chi connectivity index (χ2n) is 8.74. The van der Waals surface area contributed by atoms with Gasteiger partial charge < -0.3 is 10.1 Å². The highest BCUT2D eigenvalue weighted by atomic mass is 32.2. The predicted molar refractivity (Wildman–Crippen MR) is 129 cm³/mol. The fraction of sp³-hybridized carbons (Fsp3) is 0.346. The van der Waals surface area contributed by atoms with E-state index in [1.807, 2.05) is 12.1 Å². The highest BCUT2D eigenvalue weighted by Crippen LogP contribution is 2.35. The second-order valence-corrected chi connectivity index (χ2v) is 10.7. The van der Waals surface area contributed by atoms with Gasteiger partial charge in [0.2, 0.25) is 15.9 Å². The molecule has 0 spiro atoms. The molecule has 0 saturated carbocycles. The van der Waals surface area contributed by atoms with Gasteiger partial charge in [0.05, 0.1) is 12.0 Å². The zero-order valence-electron chi connectivity index (χ0n) is 18.8. The summed E-state index contributed by atoms with van der Waals surface area (Å²) in [6.45, 7) is 1.11. The molecular formula is C26H28N2O4S. The molecule has 2 aliphatic rings. The summed E-state index contributed by atoms with van der Waals surface area (Å²) in [4.78, 5) is 13.1. The number of nitrogens with zero attached hydrogens (tertiary/aromatic N) is 1. The van der Waals surface area contributed by atoms with E-state index in [9.17, 15) is 13.2 Å². The van der Waals surface area contributed by atoms with E-state index in [1.54, 1.807) is 25.3 Å². The Hall–Kier alpha value is -2.90. The quantitative estimate of drug-likeness (QED) is 0.566. The van der Waals surface area contributed by atoms with Gasteiger partial charge in [0.1, 0.15) is 5.75 Å². The Bertz CT molecular complexity index is 1320. The van der Waals surface area contributed by atoms with Crippen LogP contribution in [0.3, 0.4) is 0 Å². The van der Waals surface area contributed by atoms with E-state index in [1.165, 1.54) is 20.8 Å². The van der Waals surface area contributed by atoms with Crippen molar-refractivity contribution < 1.29 is 17.9 Å². The minimum absolute atomic E-state index is 0.108. The molecule has 172 valence electrons. The molecule has 0 aromatic heterocycles. The smallest absolute Gasteiger partial charge is 0.243 e. The number of ether oxygens (including phenoxy) is 1. The highest BCUT2D eigenvalue weighted by Gasteiger charge is 2.28. The predicted octanol–water partition coefficient (Wildman–Crippen LogP) is 4.30. The molecule has 0 radical (unpaired) electrons. The van der Waals surface area contributed by atoms with Crippen LogP contribution in [0, 0.1) is 0 Å². The zero-order valence-corrected chi connectivity index (χ0v) is 19.6. The van der Waals surface area contributed by atoms with E-state index in [4.69, 9.17) is 4.74 Å². The lowest BCUT2D eigenvalue weighted by Crippen LogP contribution is -2.28. The summed E-state index contributed by atoms with van der Waals surface area (Å²) in [7, 11) is -1.97. The Balaban J connectivity index is 1.33. The van der Waals surface area contributed by atoms with Crippen LogP contribution in [-0.4, -0.2) is 38.8 Å². The number of sulfonamides is 1. The van der Waals surface area contributed by atoms with E-state index in [2.05, 4.69) is 23.5 Å². The van der Waals surface area contributed by atoms with E-state index in [0.717, 1.165) is 36.8 Å². The molecule has 1 N–H and O–H groups in total. The topological polar surface area (TPSA) is 75.7 Å². The van der Waals surface area contributed by atoms with Crippen molar-refractivity contribution in [1.82, 2.24) is 4.31 Å². The molecule has 0 atom stereocenters. The van der Waals surface area contributed by atoms with E-state index in [0.29, 0.717) is 30.8 Å². The average molecular weight is 465 g/mol. The first-order valence-corrected chi connectivity index (χ1v) is 12.9. The first kappa shape index (κ1) is 21.9. The van der Waals surface area contributed by atoms with Crippen LogP contribution in [0.15, 0.2) is 53.4 Å². The molecule has 5 rings (SSSR count). The van der Waals surface area contributed by atoms with Crippen molar-refractivity contribution in [3.8, 4) is 5.75 Å². The van der Waals surface area contributed by atoms with Crippen LogP contribution < -0.4 is 10.1 Å². The van der Waals surface area contributed by atoms with Crippen molar-refractivity contribution in [1.29, 1.82) is 0 Å². The lowest BCUT2D eigenvalue weighted by atomic mass is 10.0. The number of benzene rings is 3. The molecular weight excluding hydrogens is 436 g/mol. The monoisotopic (exact) mass is 464 g/mol. The number of hydrogen-bond donors (Lipinski definition) is 1. The third-order valence-electron chi connectivity index (χ3n) is 6.73. The van der Waals surface area contributed by atoms with Gasteiger partial charge in [-0.15, -0.1) is 0 Å². The van der Waals surface area contributed by atoms with Crippen LogP contribution in [0.25, 0.3) is 10.8 Å². The van der Waals surface area contributed by atoms with Gasteiger partial charge in [-0.25, -0.2) is 8.42 Å². The Morgan fingerprint density at radius 2 is 1.79 bits per heavy atom. The maximum atomic E-state index is 13.0. The normalized spacial score (nSPS) is 15.8. The lowest BCUT2D eigenvalue weighted by Gasteiger charge is -2.17. The molecule has 1 heterocycles. The number of nitrogens with one attached hydrogen (secondary N) is 1. The summed E-state index contributed by atoms with van der Waals surface area (Å²) in [5.41, 5.74) is 4.20. The Labute approximate surface area is 194 Å². The van der Waals surface area contributed by atoms with Crippen LogP contribution in [0.4, 0.5) is 5.69 Å². The van der Waals surface area contributed by atoms with Crippen LogP contribution in [-0.2, 0) is 34.1 Å². The van der Waals surface area contributed by atoms with Gasteiger partial charge in [0, 0.05) is 30.6 Å². The minimum atomic E-state index is -3.52. The van der Waals surface area contributed by atoms with Crippen LogP contribution in [0.5, 0.6) is 5.75 Å². The van der Waals surface area contributed by atoms with Crippen LogP contribution in [0.1, 0.15) is 36.0 Å². The fourth-order valence-electron chi connectivity index (χ4n) is 5.01. The van der Waals surface area contributed by atoms with Crippen molar-refractivity contribution in [3.63, 3.8) is 0 Å². The van der Waals surface area contributed by atoms with Gasteiger partial charge in [-0.05, 0) is 78.4 Å². The molecule has 6 nitrogen and oxygen atoms in total. The molecule has 3 aromatic rings. The number of carbonyl (C=O) groups is 1. The summed E-state index contributed by atoms with van der Waals surface area (Å²) in [6, 6.07) is 15.2. The van der Waals surface area contributed by atoms with Crippen molar-refractivity contribution in [2.75, 3.05) is 25.5 Å². The number of amides is 1. The molecule has 3 aromatic carbocycles. The van der Waals surface area contributed by atoms with Crippen LogP contribution >= 0.6 is 0 Å². The molecule has 1 amide bonds. The number of carbonyl (C=O) groups excluding carboxylic acids is 1. The average Bonchev–Trinajstić information content (AvgIpc) is 3.51. The van der Waals surface area contributed by atoms with Crippen molar-refractivity contribution in [2.24, 2.45) is 0 Å². The molecule has 1 saturated heterocycles. The summed E-state index contributed by atoms with van der Waals surface area (Å²) >= 11 is 0. The van der Waals surface area contributed by atoms with Gasteiger partial charge in [0.25, 0.3) is 0 Å². The van der Waals surface area contributed by atoms with Gasteiger partial charge in [-0.2, -0.15) is 4.31 Å². The van der Waals surface area contributed by atoms with Gasteiger partial charge in [0.15, 0.2) is 0 Å². The number of hydrogen-bond acceptors (Lipinski definition) is 4. The summed E-state index contributed by atoms with van der Waals surface area (Å²) in [5, 5.41) is 5.40. The molecule has 0 unspecified atom stereocenters. The first-order valence-electron chi connectivity index (χ1n) is 11.5. The fourth-order valence-corrected chi connectivity index (χ4v) is 6.57. The second kappa shape index (κ2) is 8.80. The van der Waals surface area contributed by atoms with E-state index >= 15 is 0 Å². The summed E-state index contributed by atoms with van der Waals surface area (Å²) in [5.74, 6) is 0.483. The van der Waals surface area contributed by atoms with Crippen molar-refractivity contribution in [3.05, 3.63) is 65.2 Å². The van der Waals surface area contributed by atoms with Crippen molar-refractivity contribution >= 4 is 32.4 Å². The SMILES string of the molecule is COc1ccc(S(=O)(=O)N2CCCC2)cc1CCC(=O)Nc1ccc2c3c(cccc13)CC2. The van der Waals surface area contributed by atoms with Crippen LogP contribution in [0.2, 0.25) is 0 Å². The van der Waals surface area contributed by atoms with E-state index < -0.39 is 10.0 Å². The maximum Gasteiger partial charge on any atom is 0.243 e. The summed E-state index contributed by atoms with van der Waals surface area (Å²) in [6.07, 6.45) is 4.48.